The van der Waals surface area contributed by atoms with E-state index in [0.717, 1.165) is 16.8 Å². The average Bonchev–Trinajstić information content (AvgIpc) is 3.27. The van der Waals surface area contributed by atoms with Crippen molar-refractivity contribution in [2.45, 2.75) is 24.8 Å². The van der Waals surface area contributed by atoms with E-state index in [2.05, 4.69) is 10.3 Å². The standard InChI is InChI=1S/C24H21N3O3/c1-15-13-17(28)14-20(25-15)22(29)27-12-11-24(21(27)16-7-3-2-4-8-16)18-9-5-6-10-19(18)26-23(24)30/h2-10,13-14,21H,11-12H2,1H3,(H,25,28)(H,26,30)/t21-,24+/m0/s1. The molecule has 3 heterocycles. The van der Waals surface area contributed by atoms with E-state index < -0.39 is 11.5 Å². The van der Waals surface area contributed by atoms with Crippen LogP contribution in [0.25, 0.3) is 0 Å². The highest BCUT2D eigenvalue weighted by Gasteiger charge is 2.59. The minimum Gasteiger partial charge on any atom is -0.354 e. The number of anilines is 1. The van der Waals surface area contributed by atoms with Crippen LogP contribution in [0.1, 0.15) is 39.8 Å². The lowest BCUT2D eigenvalue weighted by Crippen LogP contribution is -2.43. The van der Waals surface area contributed by atoms with Crippen LogP contribution in [0.15, 0.2) is 71.5 Å². The van der Waals surface area contributed by atoms with Crippen molar-refractivity contribution in [3.05, 3.63) is 99.5 Å². The Morgan fingerprint density at radius 3 is 2.53 bits per heavy atom. The fourth-order valence-electron chi connectivity index (χ4n) is 4.96. The predicted octanol–water partition coefficient (Wildman–Crippen LogP) is 3.16. The summed E-state index contributed by atoms with van der Waals surface area (Å²) >= 11 is 0. The largest absolute Gasteiger partial charge is 0.354 e. The van der Waals surface area contributed by atoms with Crippen molar-refractivity contribution in [3.63, 3.8) is 0 Å². The Kier molecular flexibility index (Phi) is 4.10. The molecule has 0 aliphatic carbocycles. The number of likely N-dealkylation sites (tertiary alicyclic amines) is 1. The maximum atomic E-state index is 13.5. The van der Waals surface area contributed by atoms with Crippen LogP contribution < -0.4 is 10.7 Å². The average molecular weight is 399 g/mol. The molecule has 2 aromatic carbocycles. The van der Waals surface area contributed by atoms with Gasteiger partial charge < -0.3 is 15.2 Å². The first-order valence-corrected chi connectivity index (χ1v) is 9.98. The van der Waals surface area contributed by atoms with E-state index in [9.17, 15) is 14.4 Å². The lowest BCUT2D eigenvalue weighted by molar-refractivity contribution is -0.121. The van der Waals surface area contributed by atoms with Crippen molar-refractivity contribution < 1.29 is 9.59 Å². The number of aromatic amines is 1. The maximum absolute atomic E-state index is 13.5. The molecule has 0 bridgehead atoms. The molecule has 2 aliphatic heterocycles. The maximum Gasteiger partial charge on any atom is 0.270 e. The molecule has 30 heavy (non-hydrogen) atoms. The molecule has 2 atom stereocenters. The second-order valence-electron chi connectivity index (χ2n) is 7.95. The van der Waals surface area contributed by atoms with Crippen LogP contribution in [0, 0.1) is 6.92 Å². The molecule has 5 rings (SSSR count). The Hall–Kier alpha value is -3.67. The summed E-state index contributed by atoms with van der Waals surface area (Å²) < 4.78 is 0. The number of carbonyl (C=O) groups excluding carboxylic acids is 2. The molecular formula is C24H21N3O3. The highest BCUT2D eigenvalue weighted by atomic mass is 16.2. The van der Waals surface area contributed by atoms with E-state index in [-0.39, 0.29) is 22.9 Å². The van der Waals surface area contributed by atoms with Crippen molar-refractivity contribution in [1.82, 2.24) is 9.88 Å². The number of nitrogens with zero attached hydrogens (tertiary/aromatic N) is 1. The fourth-order valence-corrected chi connectivity index (χ4v) is 4.96. The summed E-state index contributed by atoms with van der Waals surface area (Å²) in [6.07, 6.45) is 0.511. The quantitative estimate of drug-likeness (QED) is 0.694. The van der Waals surface area contributed by atoms with Gasteiger partial charge in [-0.15, -0.1) is 0 Å². The molecule has 2 amide bonds. The number of nitrogens with one attached hydrogen (secondary N) is 2. The molecule has 1 spiro atoms. The molecule has 6 heteroatoms. The summed E-state index contributed by atoms with van der Waals surface area (Å²) in [6.45, 7) is 2.16. The monoisotopic (exact) mass is 399 g/mol. The summed E-state index contributed by atoms with van der Waals surface area (Å²) in [6, 6.07) is 19.6. The number of fused-ring (bicyclic) bond motifs is 2. The van der Waals surface area contributed by atoms with Crippen LogP contribution >= 0.6 is 0 Å². The zero-order chi connectivity index (χ0) is 20.9. The number of pyridine rings is 1. The zero-order valence-corrected chi connectivity index (χ0v) is 16.5. The summed E-state index contributed by atoms with van der Waals surface area (Å²) in [7, 11) is 0. The smallest absolute Gasteiger partial charge is 0.270 e. The molecule has 3 aromatic rings. The van der Waals surface area contributed by atoms with E-state index in [0.29, 0.717) is 18.7 Å². The van der Waals surface area contributed by atoms with Gasteiger partial charge in [0.1, 0.15) is 11.1 Å². The van der Waals surface area contributed by atoms with Gasteiger partial charge in [-0.2, -0.15) is 0 Å². The van der Waals surface area contributed by atoms with Crippen molar-refractivity contribution in [2.75, 3.05) is 11.9 Å². The first-order valence-electron chi connectivity index (χ1n) is 9.98. The van der Waals surface area contributed by atoms with Gasteiger partial charge in [0.15, 0.2) is 5.43 Å². The van der Waals surface area contributed by atoms with Gasteiger partial charge in [0.25, 0.3) is 5.91 Å². The van der Waals surface area contributed by atoms with Crippen molar-refractivity contribution >= 4 is 17.5 Å². The Labute approximate surface area is 173 Å². The molecular weight excluding hydrogens is 378 g/mol. The first-order chi connectivity index (χ1) is 14.5. The number of amides is 2. The van der Waals surface area contributed by atoms with Gasteiger partial charge in [-0.25, -0.2) is 0 Å². The van der Waals surface area contributed by atoms with Crippen LogP contribution in [0.2, 0.25) is 0 Å². The van der Waals surface area contributed by atoms with Crippen LogP contribution in [0.4, 0.5) is 5.69 Å². The number of H-pyrrole nitrogens is 1. The minimum atomic E-state index is -0.863. The number of benzene rings is 2. The number of aryl methyl sites for hydroxylation is 1. The van der Waals surface area contributed by atoms with Crippen molar-refractivity contribution in [3.8, 4) is 0 Å². The molecule has 2 aliphatic rings. The van der Waals surface area contributed by atoms with Crippen LogP contribution in [0.3, 0.4) is 0 Å². The number of carbonyl (C=O) groups is 2. The van der Waals surface area contributed by atoms with Crippen molar-refractivity contribution in [2.24, 2.45) is 0 Å². The second kappa shape index (κ2) is 6.69. The molecule has 0 saturated carbocycles. The Morgan fingerprint density at radius 2 is 1.77 bits per heavy atom. The zero-order valence-electron chi connectivity index (χ0n) is 16.5. The van der Waals surface area contributed by atoms with Gasteiger partial charge in [-0.3, -0.25) is 14.4 Å². The third kappa shape index (κ3) is 2.60. The topological polar surface area (TPSA) is 82.3 Å². The first kappa shape index (κ1) is 18.4. The van der Waals surface area contributed by atoms with Crippen LogP contribution in [-0.4, -0.2) is 28.2 Å². The highest BCUT2D eigenvalue weighted by molar-refractivity contribution is 6.08. The van der Waals surface area contributed by atoms with E-state index in [1.54, 1.807) is 11.8 Å². The van der Waals surface area contributed by atoms with E-state index in [1.165, 1.54) is 12.1 Å². The molecule has 1 saturated heterocycles. The van der Waals surface area contributed by atoms with Gasteiger partial charge >= 0.3 is 0 Å². The number of hydrogen-bond donors (Lipinski definition) is 2. The molecule has 1 fully saturated rings. The van der Waals surface area contributed by atoms with Crippen LogP contribution in [-0.2, 0) is 10.2 Å². The number of aromatic nitrogens is 1. The van der Waals surface area contributed by atoms with E-state index >= 15 is 0 Å². The number of hydrogen-bond acceptors (Lipinski definition) is 3. The summed E-state index contributed by atoms with van der Waals surface area (Å²) in [4.78, 5) is 43.6. The third-order valence-electron chi connectivity index (χ3n) is 6.17. The van der Waals surface area contributed by atoms with Gasteiger partial charge in [0, 0.05) is 30.1 Å². The Balaban J connectivity index is 1.68. The number of rotatable bonds is 2. The summed E-state index contributed by atoms with van der Waals surface area (Å²) in [5.74, 6) is -0.371. The molecule has 0 unspecified atom stereocenters. The van der Waals surface area contributed by atoms with E-state index in [4.69, 9.17) is 0 Å². The Bertz CT molecular complexity index is 1220. The molecule has 1 aromatic heterocycles. The molecule has 6 nitrogen and oxygen atoms in total. The second-order valence-corrected chi connectivity index (χ2v) is 7.95. The van der Waals surface area contributed by atoms with Gasteiger partial charge in [-0.05, 0) is 30.5 Å². The van der Waals surface area contributed by atoms with Crippen molar-refractivity contribution in [1.29, 1.82) is 0 Å². The summed E-state index contributed by atoms with van der Waals surface area (Å²) in [5, 5.41) is 3.01. The molecule has 0 radical (unpaired) electrons. The normalized spacial score (nSPS) is 22.2. The third-order valence-corrected chi connectivity index (χ3v) is 6.17. The highest BCUT2D eigenvalue weighted by Crippen LogP contribution is 2.54. The predicted molar refractivity (Wildman–Crippen MR) is 113 cm³/mol. The minimum absolute atomic E-state index is 0.0920. The van der Waals surface area contributed by atoms with E-state index in [1.807, 2.05) is 54.6 Å². The molecule has 2 N–H and O–H groups in total. The van der Waals surface area contributed by atoms with Gasteiger partial charge in [0.05, 0.1) is 6.04 Å². The summed E-state index contributed by atoms with van der Waals surface area (Å²) in [5.41, 5.74) is 2.38. The lowest BCUT2D eigenvalue weighted by Gasteiger charge is -2.34. The number of para-hydroxylation sites is 1. The lowest BCUT2D eigenvalue weighted by atomic mass is 9.72. The van der Waals surface area contributed by atoms with Gasteiger partial charge in [-0.1, -0.05) is 48.5 Å². The van der Waals surface area contributed by atoms with Gasteiger partial charge in [0.2, 0.25) is 5.91 Å². The van der Waals surface area contributed by atoms with Crippen LogP contribution in [0.5, 0.6) is 0 Å². The Morgan fingerprint density at radius 1 is 1.03 bits per heavy atom. The molecule has 150 valence electrons. The SMILES string of the molecule is Cc1cc(=O)cc(C(=O)N2CC[C@]3(C(=O)Nc4ccccc43)[C@@H]2c2ccccc2)[nH]1. The fraction of sp³-hybridized carbons (Fsp3) is 0.208.